The molecule has 0 aliphatic heterocycles. The maximum absolute atomic E-state index is 12.1. The summed E-state index contributed by atoms with van der Waals surface area (Å²) < 4.78 is 7.42. The van der Waals surface area contributed by atoms with Gasteiger partial charge in [0.25, 0.3) is 0 Å². The number of carbonyl (C=O) groups excluding carboxylic acids is 1. The molecule has 2 heterocycles. The predicted octanol–water partition coefficient (Wildman–Crippen LogP) is 3.04. The fourth-order valence-corrected chi connectivity index (χ4v) is 2.60. The van der Waals surface area contributed by atoms with Gasteiger partial charge in [0, 0.05) is 36.3 Å². The van der Waals surface area contributed by atoms with Crippen LogP contribution < -0.4 is 10.6 Å². The number of hydrogen-bond acceptors (Lipinski definition) is 3. The average molecular weight is 312 g/mol. The molecule has 1 aromatic carbocycles. The molecule has 0 saturated heterocycles. The van der Waals surface area contributed by atoms with Gasteiger partial charge in [0.1, 0.15) is 11.3 Å². The van der Waals surface area contributed by atoms with E-state index in [1.165, 1.54) is 0 Å². The zero-order chi connectivity index (χ0) is 16.4. The molecule has 0 saturated carbocycles. The van der Waals surface area contributed by atoms with Crippen LogP contribution in [0.15, 0.2) is 41.1 Å². The number of nitrogens with zero attached hydrogens (tertiary/aromatic N) is 2. The number of fused-ring (bicyclic) bond motifs is 1. The number of aromatic nitrogens is 2. The Hall–Kier alpha value is -2.76. The van der Waals surface area contributed by atoms with E-state index in [2.05, 4.69) is 15.7 Å². The van der Waals surface area contributed by atoms with E-state index < -0.39 is 0 Å². The lowest BCUT2D eigenvalue weighted by molar-refractivity contribution is 0.237. The number of carbonyl (C=O) groups is 1. The zero-order valence-electron chi connectivity index (χ0n) is 13.5. The third-order valence-corrected chi connectivity index (χ3v) is 3.90. The molecule has 1 atom stereocenters. The van der Waals surface area contributed by atoms with E-state index in [-0.39, 0.29) is 12.1 Å². The van der Waals surface area contributed by atoms with Crippen molar-refractivity contribution in [1.82, 2.24) is 20.4 Å². The van der Waals surface area contributed by atoms with E-state index in [0.29, 0.717) is 6.54 Å². The molecule has 0 fully saturated rings. The maximum atomic E-state index is 12.1. The third kappa shape index (κ3) is 3.21. The number of furan rings is 1. The van der Waals surface area contributed by atoms with E-state index in [4.69, 9.17) is 4.42 Å². The van der Waals surface area contributed by atoms with Crippen LogP contribution in [0.2, 0.25) is 0 Å². The molecule has 0 bridgehead atoms. The summed E-state index contributed by atoms with van der Waals surface area (Å²) in [6.07, 6.45) is 3.64. The smallest absolute Gasteiger partial charge is 0.315 e. The molecule has 6 heteroatoms. The number of hydrogen-bond donors (Lipinski definition) is 2. The molecular formula is C17H20N4O2. The fourth-order valence-electron chi connectivity index (χ4n) is 2.60. The molecule has 0 spiro atoms. The summed E-state index contributed by atoms with van der Waals surface area (Å²) in [6.45, 7) is 4.26. The van der Waals surface area contributed by atoms with E-state index in [9.17, 15) is 4.79 Å². The topological polar surface area (TPSA) is 72.1 Å². The lowest BCUT2D eigenvalue weighted by Gasteiger charge is -2.13. The molecule has 3 rings (SSSR count). The molecule has 6 nitrogen and oxygen atoms in total. The average Bonchev–Trinajstić information content (AvgIpc) is 3.08. The van der Waals surface area contributed by atoms with Crippen LogP contribution in [0.3, 0.4) is 0 Å². The lowest BCUT2D eigenvalue weighted by Crippen LogP contribution is -2.36. The Morgan fingerprint density at radius 2 is 2.17 bits per heavy atom. The van der Waals surface area contributed by atoms with Crippen LogP contribution >= 0.6 is 0 Å². The van der Waals surface area contributed by atoms with E-state index in [0.717, 1.165) is 27.9 Å². The maximum Gasteiger partial charge on any atom is 0.315 e. The number of aryl methyl sites for hydroxylation is 2. The number of amides is 2. The first-order chi connectivity index (χ1) is 11.0. The number of para-hydroxylation sites is 1. The summed E-state index contributed by atoms with van der Waals surface area (Å²) in [6, 6.07) is 7.50. The lowest BCUT2D eigenvalue weighted by atomic mass is 10.1. The van der Waals surface area contributed by atoms with Gasteiger partial charge in [0.2, 0.25) is 0 Å². The fraction of sp³-hybridized carbons (Fsp3) is 0.294. The third-order valence-electron chi connectivity index (χ3n) is 3.90. The molecule has 23 heavy (non-hydrogen) atoms. The Morgan fingerprint density at radius 1 is 1.39 bits per heavy atom. The Morgan fingerprint density at radius 3 is 2.91 bits per heavy atom. The summed E-state index contributed by atoms with van der Waals surface area (Å²) in [5, 5.41) is 10.9. The summed E-state index contributed by atoms with van der Waals surface area (Å²) in [5.41, 5.74) is 2.81. The van der Waals surface area contributed by atoms with Crippen LogP contribution in [-0.4, -0.2) is 15.8 Å². The first-order valence-corrected chi connectivity index (χ1v) is 7.54. The van der Waals surface area contributed by atoms with Gasteiger partial charge in [-0.05, 0) is 19.9 Å². The highest BCUT2D eigenvalue weighted by molar-refractivity contribution is 5.83. The molecule has 0 aliphatic rings. The van der Waals surface area contributed by atoms with Crippen molar-refractivity contribution in [3.63, 3.8) is 0 Å². The molecule has 0 unspecified atom stereocenters. The molecule has 2 aromatic heterocycles. The van der Waals surface area contributed by atoms with Crippen LogP contribution in [0.25, 0.3) is 11.0 Å². The molecule has 2 N–H and O–H groups in total. The second-order valence-electron chi connectivity index (χ2n) is 5.63. The van der Waals surface area contributed by atoms with Crippen molar-refractivity contribution in [1.29, 1.82) is 0 Å². The van der Waals surface area contributed by atoms with Crippen molar-refractivity contribution >= 4 is 17.0 Å². The largest absolute Gasteiger partial charge is 0.461 e. The molecule has 0 radical (unpaired) electrons. The normalized spacial score (nSPS) is 12.3. The molecular weight excluding hydrogens is 292 g/mol. The van der Waals surface area contributed by atoms with Crippen molar-refractivity contribution in [2.75, 3.05) is 0 Å². The van der Waals surface area contributed by atoms with Crippen LogP contribution in [-0.2, 0) is 13.6 Å². The highest BCUT2D eigenvalue weighted by atomic mass is 16.3. The quantitative estimate of drug-likeness (QED) is 0.778. The van der Waals surface area contributed by atoms with Crippen molar-refractivity contribution in [2.45, 2.75) is 26.4 Å². The Labute approximate surface area is 134 Å². The van der Waals surface area contributed by atoms with Gasteiger partial charge in [-0.3, -0.25) is 4.68 Å². The second-order valence-corrected chi connectivity index (χ2v) is 5.63. The minimum atomic E-state index is -0.217. The second kappa shape index (κ2) is 6.16. The number of rotatable bonds is 4. The van der Waals surface area contributed by atoms with Gasteiger partial charge in [0.15, 0.2) is 0 Å². The van der Waals surface area contributed by atoms with Gasteiger partial charge in [-0.15, -0.1) is 0 Å². The van der Waals surface area contributed by atoms with Gasteiger partial charge in [0.05, 0.1) is 12.2 Å². The van der Waals surface area contributed by atoms with Crippen LogP contribution in [0.1, 0.15) is 29.9 Å². The highest BCUT2D eigenvalue weighted by Gasteiger charge is 2.13. The zero-order valence-corrected chi connectivity index (χ0v) is 13.5. The van der Waals surface area contributed by atoms with Crippen molar-refractivity contribution in [3.8, 4) is 0 Å². The monoisotopic (exact) mass is 312 g/mol. The molecule has 2 amide bonds. The van der Waals surface area contributed by atoms with Gasteiger partial charge in [-0.25, -0.2) is 4.79 Å². The van der Waals surface area contributed by atoms with Crippen molar-refractivity contribution in [2.24, 2.45) is 7.05 Å². The predicted molar refractivity (Wildman–Crippen MR) is 87.9 cm³/mol. The van der Waals surface area contributed by atoms with Crippen LogP contribution in [0.5, 0.6) is 0 Å². The number of nitrogens with one attached hydrogen (secondary N) is 2. The van der Waals surface area contributed by atoms with E-state index in [1.54, 1.807) is 10.9 Å². The minimum absolute atomic E-state index is 0.106. The Balaban J connectivity index is 1.63. The summed E-state index contributed by atoms with van der Waals surface area (Å²) in [5.74, 6) is 0.826. The van der Waals surface area contributed by atoms with Crippen LogP contribution in [0.4, 0.5) is 4.79 Å². The minimum Gasteiger partial charge on any atom is -0.461 e. The van der Waals surface area contributed by atoms with E-state index >= 15 is 0 Å². The van der Waals surface area contributed by atoms with Crippen molar-refractivity contribution < 1.29 is 9.21 Å². The number of benzene rings is 1. The first-order valence-electron chi connectivity index (χ1n) is 7.54. The van der Waals surface area contributed by atoms with Gasteiger partial charge >= 0.3 is 6.03 Å². The first kappa shape index (κ1) is 15.1. The number of urea groups is 1. The van der Waals surface area contributed by atoms with E-state index in [1.807, 2.05) is 51.4 Å². The molecule has 120 valence electrons. The van der Waals surface area contributed by atoms with Crippen molar-refractivity contribution in [3.05, 3.63) is 53.5 Å². The Bertz CT molecular complexity index is 834. The summed E-state index contributed by atoms with van der Waals surface area (Å²) >= 11 is 0. The Kier molecular flexibility index (Phi) is 4.06. The molecule has 3 aromatic rings. The molecule has 0 aliphatic carbocycles. The van der Waals surface area contributed by atoms with Gasteiger partial charge < -0.3 is 15.1 Å². The van der Waals surface area contributed by atoms with Crippen LogP contribution in [0, 0.1) is 6.92 Å². The highest BCUT2D eigenvalue weighted by Crippen LogP contribution is 2.24. The standard InChI is InChI=1S/C17H20N4O2/c1-11(13-8-19-21(3)10-13)20-17(22)18-9-15-12(2)23-16-7-5-4-6-14(15)16/h4-8,10-11H,9H2,1-3H3,(H2,18,20,22)/t11-/m0/s1. The van der Waals surface area contributed by atoms with Gasteiger partial charge in [-0.2, -0.15) is 5.10 Å². The van der Waals surface area contributed by atoms with Gasteiger partial charge in [-0.1, -0.05) is 18.2 Å². The SMILES string of the molecule is Cc1oc2ccccc2c1CNC(=O)N[C@@H](C)c1cnn(C)c1. The summed E-state index contributed by atoms with van der Waals surface area (Å²) in [4.78, 5) is 12.1. The summed E-state index contributed by atoms with van der Waals surface area (Å²) in [7, 11) is 1.85.